The second kappa shape index (κ2) is 8.29. The van der Waals surface area contributed by atoms with Crippen molar-refractivity contribution < 1.29 is 14.3 Å². The highest BCUT2D eigenvalue weighted by Crippen LogP contribution is 2.25. The molecule has 2 rings (SSSR count). The third-order valence-corrected chi connectivity index (χ3v) is 2.88. The summed E-state index contributed by atoms with van der Waals surface area (Å²) in [6.45, 7) is 0.377. The molecule has 0 saturated heterocycles. The molecular weight excluding hydrogens is 296 g/mol. The van der Waals surface area contributed by atoms with E-state index in [0.29, 0.717) is 17.1 Å². The smallest absolute Gasteiger partial charge is 0.253 e. The first-order chi connectivity index (χ1) is 11.2. The van der Waals surface area contributed by atoms with Crippen LogP contribution in [-0.4, -0.2) is 31.2 Å². The van der Waals surface area contributed by atoms with Gasteiger partial charge in [0.1, 0.15) is 6.61 Å². The summed E-state index contributed by atoms with van der Waals surface area (Å²) in [4.78, 5) is 25.1. The summed E-state index contributed by atoms with van der Waals surface area (Å²) in [5, 5.41) is 2.62. The summed E-state index contributed by atoms with van der Waals surface area (Å²) in [7, 11) is 1.57. The Balaban J connectivity index is 1.77. The third kappa shape index (κ3) is 4.93. The van der Waals surface area contributed by atoms with Crippen LogP contribution in [0.2, 0.25) is 0 Å². The summed E-state index contributed by atoms with van der Waals surface area (Å²) in [6, 6.07) is 10.0. The van der Waals surface area contributed by atoms with Crippen LogP contribution >= 0.6 is 0 Å². The van der Waals surface area contributed by atoms with E-state index in [-0.39, 0.29) is 24.6 Å². The average Bonchev–Trinajstić information content (AvgIpc) is 2.58. The van der Waals surface area contributed by atoms with Gasteiger partial charge in [0.05, 0.1) is 19.2 Å². The quantitative estimate of drug-likeness (QED) is 0.813. The Labute approximate surface area is 133 Å². The van der Waals surface area contributed by atoms with Gasteiger partial charge in [0.15, 0.2) is 11.5 Å². The first kappa shape index (κ1) is 16.2. The molecule has 6 nitrogen and oxygen atoms in total. The molecule has 0 unspecified atom stereocenters. The lowest BCUT2D eigenvalue weighted by molar-refractivity contribution is 0.0958. The predicted molar refractivity (Wildman–Crippen MR) is 85.7 cm³/mol. The summed E-state index contributed by atoms with van der Waals surface area (Å²) in [5.41, 5.74) is 0.117. The van der Waals surface area contributed by atoms with Crippen molar-refractivity contribution in [3.8, 4) is 23.3 Å². The number of aromatic nitrogens is 1. The molecule has 0 aliphatic carbocycles. The molecule has 2 aromatic rings. The van der Waals surface area contributed by atoms with Crippen molar-refractivity contribution in [2.45, 2.75) is 0 Å². The fourth-order valence-electron chi connectivity index (χ4n) is 1.74. The van der Waals surface area contributed by atoms with Crippen molar-refractivity contribution in [2.24, 2.45) is 0 Å². The number of pyridine rings is 1. The Morgan fingerprint density at radius 3 is 2.65 bits per heavy atom. The number of H-pyrrole nitrogens is 1. The number of methoxy groups -OCH3 is 1. The van der Waals surface area contributed by atoms with Gasteiger partial charge < -0.3 is 19.8 Å². The number of hydrogen-bond donors (Lipinski definition) is 2. The Kier molecular flexibility index (Phi) is 5.83. The number of carbonyl (C=O) groups is 1. The molecule has 2 N–H and O–H groups in total. The van der Waals surface area contributed by atoms with Crippen molar-refractivity contribution in [2.75, 3.05) is 20.3 Å². The molecule has 0 atom stereocenters. The van der Waals surface area contributed by atoms with Crippen LogP contribution in [0.4, 0.5) is 0 Å². The first-order valence-corrected chi connectivity index (χ1v) is 6.89. The van der Waals surface area contributed by atoms with Crippen molar-refractivity contribution in [3.05, 3.63) is 58.5 Å². The van der Waals surface area contributed by atoms with Gasteiger partial charge in [0, 0.05) is 12.3 Å². The molecule has 0 saturated carbocycles. The molecule has 0 radical (unpaired) electrons. The van der Waals surface area contributed by atoms with E-state index in [0.717, 1.165) is 0 Å². The molecule has 0 fully saturated rings. The highest BCUT2D eigenvalue weighted by atomic mass is 16.5. The fourth-order valence-corrected chi connectivity index (χ4v) is 1.74. The van der Waals surface area contributed by atoms with Crippen molar-refractivity contribution in [3.63, 3.8) is 0 Å². The molecule has 0 aliphatic heterocycles. The Hall–Kier alpha value is -3.20. The maximum absolute atomic E-state index is 11.7. The predicted octanol–water partition coefficient (Wildman–Crippen LogP) is 1.20. The maximum atomic E-state index is 11.7. The van der Waals surface area contributed by atoms with Gasteiger partial charge in [-0.25, -0.2) is 0 Å². The minimum Gasteiger partial charge on any atom is -0.493 e. The van der Waals surface area contributed by atoms with Gasteiger partial charge in [-0.3, -0.25) is 9.59 Å². The number of rotatable bonds is 5. The molecule has 0 spiro atoms. The number of ether oxygens (including phenoxy) is 2. The normalized spacial score (nSPS) is 9.43. The summed E-state index contributed by atoms with van der Waals surface area (Å²) in [6.07, 6.45) is 1.36. The Morgan fingerprint density at radius 2 is 1.96 bits per heavy atom. The standard InChI is InChI=1S/C17H16N2O4/c1-22-14-6-2-3-7-15(14)23-11-5-4-10-18-17(21)13-8-9-16(20)19-12-13/h2-3,6-9,12H,10-11H2,1H3,(H,18,21)(H,19,20). The number of hydrogen-bond acceptors (Lipinski definition) is 4. The zero-order valence-electron chi connectivity index (χ0n) is 12.6. The van der Waals surface area contributed by atoms with Crippen molar-refractivity contribution in [1.82, 2.24) is 10.3 Å². The van der Waals surface area contributed by atoms with Crippen LogP contribution < -0.4 is 20.3 Å². The molecule has 1 aromatic heterocycles. The largest absolute Gasteiger partial charge is 0.493 e. The van der Waals surface area contributed by atoms with E-state index in [1.807, 2.05) is 12.1 Å². The average molecular weight is 312 g/mol. The lowest BCUT2D eigenvalue weighted by Gasteiger charge is -2.07. The molecule has 1 aromatic carbocycles. The van der Waals surface area contributed by atoms with Gasteiger partial charge in [-0.05, 0) is 18.2 Å². The van der Waals surface area contributed by atoms with Gasteiger partial charge in [0.25, 0.3) is 5.91 Å². The lowest BCUT2D eigenvalue weighted by atomic mass is 10.3. The SMILES string of the molecule is COc1ccccc1OCC#CCNC(=O)c1ccc(=O)[nH]c1. The molecule has 118 valence electrons. The molecule has 1 heterocycles. The second-order valence-corrected chi connectivity index (χ2v) is 4.42. The summed E-state index contributed by atoms with van der Waals surface area (Å²) >= 11 is 0. The van der Waals surface area contributed by atoms with E-state index in [1.54, 1.807) is 19.2 Å². The summed E-state index contributed by atoms with van der Waals surface area (Å²) in [5.74, 6) is 6.53. The molecule has 1 amide bonds. The number of aromatic amines is 1. The fraction of sp³-hybridized carbons (Fsp3) is 0.176. The minimum absolute atomic E-state index is 0.188. The van der Waals surface area contributed by atoms with Crippen LogP contribution in [0.5, 0.6) is 11.5 Å². The molecule has 23 heavy (non-hydrogen) atoms. The molecule has 0 aliphatic rings. The molecule has 0 bridgehead atoms. The maximum Gasteiger partial charge on any atom is 0.253 e. The van der Waals surface area contributed by atoms with Crippen molar-refractivity contribution >= 4 is 5.91 Å². The van der Waals surface area contributed by atoms with Crippen molar-refractivity contribution in [1.29, 1.82) is 0 Å². The number of carbonyl (C=O) groups excluding carboxylic acids is 1. The van der Waals surface area contributed by atoms with Crippen LogP contribution in [0.15, 0.2) is 47.4 Å². The molecular formula is C17H16N2O4. The zero-order chi connectivity index (χ0) is 16.5. The monoisotopic (exact) mass is 312 g/mol. The third-order valence-electron chi connectivity index (χ3n) is 2.88. The number of nitrogens with one attached hydrogen (secondary N) is 2. The van der Waals surface area contributed by atoms with Crippen LogP contribution in [0.25, 0.3) is 0 Å². The zero-order valence-corrected chi connectivity index (χ0v) is 12.6. The van der Waals surface area contributed by atoms with Crippen LogP contribution in [-0.2, 0) is 0 Å². The van der Waals surface area contributed by atoms with Gasteiger partial charge in [-0.15, -0.1) is 0 Å². The van der Waals surface area contributed by atoms with Gasteiger partial charge in [-0.1, -0.05) is 24.0 Å². The van der Waals surface area contributed by atoms with E-state index in [1.165, 1.54) is 18.3 Å². The molecule has 6 heteroatoms. The first-order valence-electron chi connectivity index (χ1n) is 6.89. The van der Waals surface area contributed by atoms with E-state index >= 15 is 0 Å². The van der Waals surface area contributed by atoms with Gasteiger partial charge >= 0.3 is 0 Å². The summed E-state index contributed by atoms with van der Waals surface area (Å²) < 4.78 is 10.6. The van der Waals surface area contributed by atoms with E-state index in [4.69, 9.17) is 9.47 Å². The van der Waals surface area contributed by atoms with E-state index in [2.05, 4.69) is 22.1 Å². The number of amides is 1. The van der Waals surface area contributed by atoms with E-state index in [9.17, 15) is 9.59 Å². The number of para-hydroxylation sites is 2. The van der Waals surface area contributed by atoms with Gasteiger partial charge in [-0.2, -0.15) is 0 Å². The van der Waals surface area contributed by atoms with Crippen LogP contribution in [0.1, 0.15) is 10.4 Å². The Morgan fingerprint density at radius 1 is 1.17 bits per heavy atom. The highest BCUT2D eigenvalue weighted by molar-refractivity contribution is 5.93. The lowest BCUT2D eigenvalue weighted by Crippen LogP contribution is -2.24. The Bertz CT molecular complexity index is 766. The second-order valence-electron chi connectivity index (χ2n) is 4.42. The van der Waals surface area contributed by atoms with Crippen LogP contribution in [0.3, 0.4) is 0 Å². The topological polar surface area (TPSA) is 80.4 Å². The van der Waals surface area contributed by atoms with Crippen LogP contribution in [0, 0.1) is 11.8 Å². The number of benzene rings is 1. The minimum atomic E-state index is -0.304. The highest BCUT2D eigenvalue weighted by Gasteiger charge is 2.03. The van der Waals surface area contributed by atoms with Gasteiger partial charge in [0.2, 0.25) is 5.56 Å². The van der Waals surface area contributed by atoms with E-state index < -0.39 is 0 Å².